The van der Waals surface area contributed by atoms with Crippen LogP contribution >= 0.6 is 0 Å². The first-order valence-corrected chi connectivity index (χ1v) is 7.81. The zero-order valence-electron chi connectivity index (χ0n) is 14.1. The fraction of sp³-hybridized carbons (Fsp3) is 0.278. The zero-order valence-corrected chi connectivity index (χ0v) is 14.1. The van der Waals surface area contributed by atoms with Gasteiger partial charge in [0.25, 0.3) is 5.69 Å². The molecule has 0 amide bonds. The van der Waals surface area contributed by atoms with Crippen molar-refractivity contribution in [1.82, 2.24) is 0 Å². The summed E-state index contributed by atoms with van der Waals surface area (Å²) in [7, 11) is 0. The van der Waals surface area contributed by atoms with Crippen molar-refractivity contribution in [3.63, 3.8) is 0 Å². The molecule has 0 aliphatic heterocycles. The van der Waals surface area contributed by atoms with Crippen LogP contribution in [0.4, 0.5) is 5.69 Å². The number of carbonyl (C=O) groups excluding carboxylic acids is 1. The molecule has 0 aromatic heterocycles. The van der Waals surface area contributed by atoms with Gasteiger partial charge in [-0.15, -0.1) is 0 Å². The molecule has 0 unspecified atom stereocenters. The lowest BCUT2D eigenvalue weighted by atomic mass is 10.2. The Morgan fingerprint density at radius 2 is 1.64 bits per heavy atom. The molecule has 132 valence electrons. The number of esters is 1. The van der Waals surface area contributed by atoms with Crippen molar-refractivity contribution in [2.24, 2.45) is 0 Å². The average molecular weight is 345 g/mol. The van der Waals surface area contributed by atoms with Gasteiger partial charge in [-0.1, -0.05) is 6.92 Å². The van der Waals surface area contributed by atoms with Gasteiger partial charge in [-0.3, -0.25) is 10.1 Å². The van der Waals surface area contributed by atoms with E-state index in [1.807, 2.05) is 6.92 Å². The lowest BCUT2D eigenvalue weighted by Crippen LogP contribution is -2.17. The Balaban J connectivity index is 1.86. The minimum atomic E-state index is -0.598. The number of carbonyl (C=O) groups is 1. The molecule has 2 aromatic carbocycles. The number of rotatable bonds is 8. The van der Waals surface area contributed by atoms with Crippen LogP contribution in [0.3, 0.4) is 0 Å². The molecule has 7 nitrogen and oxygen atoms in total. The highest BCUT2D eigenvalue weighted by Gasteiger charge is 2.13. The second-order valence-electron chi connectivity index (χ2n) is 5.29. The Morgan fingerprint density at radius 3 is 2.20 bits per heavy atom. The van der Waals surface area contributed by atoms with E-state index in [1.165, 1.54) is 18.2 Å². The molecule has 0 heterocycles. The van der Waals surface area contributed by atoms with Crippen LogP contribution in [0.1, 0.15) is 18.9 Å². The standard InChI is InChI=1S/C18H19NO6/c1-3-10-23-14-4-6-15(7-5-14)24-12-18(20)25-16-8-9-17(19(21)22)13(2)11-16/h4-9,11H,3,10,12H2,1-2H3. The summed E-state index contributed by atoms with van der Waals surface area (Å²) in [5.74, 6) is 0.887. The number of benzene rings is 2. The summed E-state index contributed by atoms with van der Waals surface area (Å²) < 4.78 is 15.9. The normalized spacial score (nSPS) is 10.2. The second-order valence-corrected chi connectivity index (χ2v) is 5.29. The van der Waals surface area contributed by atoms with Gasteiger partial charge in [-0.2, -0.15) is 0 Å². The van der Waals surface area contributed by atoms with E-state index in [9.17, 15) is 14.9 Å². The number of hydrogen-bond acceptors (Lipinski definition) is 6. The summed E-state index contributed by atoms with van der Waals surface area (Å²) >= 11 is 0. The Bertz CT molecular complexity index is 742. The summed E-state index contributed by atoms with van der Waals surface area (Å²) in [6.45, 7) is 3.97. The van der Waals surface area contributed by atoms with Gasteiger partial charge < -0.3 is 14.2 Å². The first kappa shape index (κ1) is 18.3. The van der Waals surface area contributed by atoms with Crippen molar-refractivity contribution < 1.29 is 23.9 Å². The molecule has 7 heteroatoms. The molecule has 0 saturated heterocycles. The SMILES string of the molecule is CCCOc1ccc(OCC(=O)Oc2ccc([N+](=O)[O-])c(C)c2)cc1. The van der Waals surface area contributed by atoms with E-state index in [2.05, 4.69) is 0 Å². The lowest BCUT2D eigenvalue weighted by Gasteiger charge is -2.08. The number of aryl methyl sites for hydroxylation is 1. The number of hydrogen-bond donors (Lipinski definition) is 0. The van der Waals surface area contributed by atoms with Gasteiger partial charge in [0.15, 0.2) is 6.61 Å². The predicted octanol–water partition coefficient (Wildman–Crippen LogP) is 3.68. The van der Waals surface area contributed by atoms with Gasteiger partial charge in [-0.25, -0.2) is 4.79 Å². The molecule has 0 radical (unpaired) electrons. The smallest absolute Gasteiger partial charge is 0.349 e. The number of nitrogens with zero attached hydrogens (tertiary/aromatic N) is 1. The highest BCUT2D eigenvalue weighted by molar-refractivity contribution is 5.74. The first-order chi connectivity index (χ1) is 12.0. The average Bonchev–Trinajstić information content (AvgIpc) is 2.59. The molecule has 25 heavy (non-hydrogen) atoms. The molecule has 0 bridgehead atoms. The van der Waals surface area contributed by atoms with Crippen LogP contribution in [0.15, 0.2) is 42.5 Å². The zero-order chi connectivity index (χ0) is 18.2. The van der Waals surface area contributed by atoms with Crippen LogP contribution in [0.25, 0.3) is 0 Å². The predicted molar refractivity (Wildman–Crippen MR) is 91.2 cm³/mol. The third-order valence-electron chi connectivity index (χ3n) is 3.25. The minimum Gasteiger partial charge on any atom is -0.494 e. The van der Waals surface area contributed by atoms with Gasteiger partial charge in [0, 0.05) is 11.6 Å². The molecule has 0 N–H and O–H groups in total. The first-order valence-electron chi connectivity index (χ1n) is 7.81. The van der Waals surface area contributed by atoms with Crippen molar-refractivity contribution in [1.29, 1.82) is 0 Å². The molecular weight excluding hydrogens is 326 g/mol. The van der Waals surface area contributed by atoms with Gasteiger partial charge in [0.1, 0.15) is 17.2 Å². The lowest BCUT2D eigenvalue weighted by molar-refractivity contribution is -0.385. The minimum absolute atomic E-state index is 0.0265. The van der Waals surface area contributed by atoms with Crippen molar-refractivity contribution in [2.45, 2.75) is 20.3 Å². The van der Waals surface area contributed by atoms with E-state index in [-0.39, 0.29) is 18.0 Å². The Labute approximate surface area is 145 Å². The van der Waals surface area contributed by atoms with E-state index in [0.29, 0.717) is 17.9 Å². The fourth-order valence-electron chi connectivity index (χ4n) is 2.05. The van der Waals surface area contributed by atoms with Gasteiger partial charge in [0.05, 0.1) is 11.5 Å². The monoisotopic (exact) mass is 345 g/mol. The van der Waals surface area contributed by atoms with Gasteiger partial charge in [-0.05, 0) is 49.7 Å². The highest BCUT2D eigenvalue weighted by Crippen LogP contribution is 2.23. The highest BCUT2D eigenvalue weighted by atomic mass is 16.6. The Kier molecular flexibility index (Phi) is 6.33. The number of ether oxygens (including phenoxy) is 3. The molecule has 0 fully saturated rings. The van der Waals surface area contributed by atoms with E-state index in [0.717, 1.165) is 12.2 Å². The second kappa shape index (κ2) is 8.68. The van der Waals surface area contributed by atoms with Gasteiger partial charge >= 0.3 is 5.97 Å². The summed E-state index contributed by atoms with van der Waals surface area (Å²) in [4.78, 5) is 22.1. The maximum atomic E-state index is 11.8. The molecule has 2 rings (SSSR count). The maximum Gasteiger partial charge on any atom is 0.349 e. The molecule has 2 aromatic rings. The largest absolute Gasteiger partial charge is 0.494 e. The van der Waals surface area contributed by atoms with E-state index in [1.54, 1.807) is 31.2 Å². The van der Waals surface area contributed by atoms with Crippen molar-refractivity contribution in [3.05, 3.63) is 58.1 Å². The summed E-state index contributed by atoms with van der Waals surface area (Å²) in [6.07, 6.45) is 0.923. The van der Waals surface area contributed by atoms with E-state index < -0.39 is 10.9 Å². The van der Waals surface area contributed by atoms with Crippen molar-refractivity contribution >= 4 is 11.7 Å². The molecule has 0 spiro atoms. The van der Waals surface area contributed by atoms with Crippen molar-refractivity contribution in [2.75, 3.05) is 13.2 Å². The van der Waals surface area contributed by atoms with E-state index >= 15 is 0 Å². The summed E-state index contributed by atoms with van der Waals surface area (Å²) in [5.41, 5.74) is 0.389. The van der Waals surface area contributed by atoms with Gasteiger partial charge in [0.2, 0.25) is 0 Å². The Morgan fingerprint density at radius 1 is 1.04 bits per heavy atom. The summed E-state index contributed by atoms with van der Waals surface area (Å²) in [5, 5.41) is 10.8. The molecular formula is C18H19NO6. The molecule has 0 atom stereocenters. The van der Waals surface area contributed by atoms with Crippen molar-refractivity contribution in [3.8, 4) is 17.2 Å². The summed E-state index contributed by atoms with van der Waals surface area (Å²) in [6, 6.07) is 11.0. The van der Waals surface area contributed by atoms with Crippen LogP contribution in [0, 0.1) is 17.0 Å². The van der Waals surface area contributed by atoms with Crippen LogP contribution in [0.5, 0.6) is 17.2 Å². The molecule has 0 aliphatic rings. The molecule has 0 saturated carbocycles. The van der Waals surface area contributed by atoms with Crippen LogP contribution < -0.4 is 14.2 Å². The maximum absolute atomic E-state index is 11.8. The molecule has 0 aliphatic carbocycles. The van der Waals surface area contributed by atoms with Crippen LogP contribution in [-0.2, 0) is 4.79 Å². The Hall–Kier alpha value is -3.09. The van der Waals surface area contributed by atoms with Crippen LogP contribution in [0.2, 0.25) is 0 Å². The van der Waals surface area contributed by atoms with E-state index in [4.69, 9.17) is 14.2 Å². The third kappa shape index (κ3) is 5.49. The fourth-order valence-corrected chi connectivity index (χ4v) is 2.05. The van der Waals surface area contributed by atoms with Crippen LogP contribution in [-0.4, -0.2) is 24.1 Å². The quantitative estimate of drug-likeness (QED) is 0.314. The topological polar surface area (TPSA) is 87.9 Å². The number of nitro groups is 1. The third-order valence-corrected chi connectivity index (χ3v) is 3.25. The number of nitro benzene ring substituents is 1.